The Hall–Kier alpha value is -2.99. The van der Waals surface area contributed by atoms with Gasteiger partial charge in [-0.05, 0) is 43.1 Å². The summed E-state index contributed by atoms with van der Waals surface area (Å²) in [5.41, 5.74) is 2.16. The topological polar surface area (TPSA) is 70.0 Å². The summed E-state index contributed by atoms with van der Waals surface area (Å²) in [6.07, 6.45) is 6.68. The van der Waals surface area contributed by atoms with E-state index >= 15 is 0 Å². The second kappa shape index (κ2) is 7.26. The molecule has 1 saturated carbocycles. The van der Waals surface area contributed by atoms with Gasteiger partial charge in [-0.15, -0.1) is 0 Å². The van der Waals surface area contributed by atoms with Crippen LogP contribution in [0.4, 0.5) is 0 Å². The molecule has 0 amide bonds. The number of piperidine rings is 1. The molecule has 2 aromatic rings. The molecule has 2 aliphatic heterocycles. The van der Waals surface area contributed by atoms with Gasteiger partial charge in [-0.1, -0.05) is 72.8 Å². The van der Waals surface area contributed by atoms with Gasteiger partial charge in [0.25, 0.3) is 0 Å². The molecule has 1 saturated heterocycles. The standard InChI is InChI=1S/C30H29NO4/c1-31-16-15-29-22-11-12-24(32)27(29)35-28-25(29)19(17-23(22)31)13-14-30(28,34)26(33)21-10-6-5-9-20(21)18-7-3-2-4-8-18/h2-13,22-24,27,32,34H,14-17H2,1H3/t22-,23+,24-,27-,29-,30?/m0/s1. The van der Waals surface area contributed by atoms with Crippen molar-refractivity contribution in [1.29, 1.82) is 0 Å². The second-order valence-electron chi connectivity index (χ2n) is 10.7. The minimum Gasteiger partial charge on any atom is -0.487 e. The molecule has 5 heteroatoms. The third kappa shape index (κ3) is 2.66. The number of nitrogens with zero attached hydrogens (tertiary/aromatic N) is 1. The first kappa shape index (κ1) is 21.3. The monoisotopic (exact) mass is 467 g/mol. The SMILES string of the molecule is CN1CC[C@]23C4=C5O[C@H]2[C@@H](O)C=C[C@H]3[C@H]1CC4=CCC5(O)C(=O)c1ccccc1-c1ccccc1. The molecule has 0 aromatic heterocycles. The quantitative estimate of drug-likeness (QED) is 0.530. The predicted molar refractivity (Wildman–Crippen MR) is 132 cm³/mol. The molecule has 2 heterocycles. The van der Waals surface area contributed by atoms with E-state index in [4.69, 9.17) is 4.74 Å². The summed E-state index contributed by atoms with van der Waals surface area (Å²) in [6.45, 7) is 0.898. The Balaban J connectivity index is 1.38. The lowest BCUT2D eigenvalue weighted by molar-refractivity contribution is -0.0989. The predicted octanol–water partition coefficient (Wildman–Crippen LogP) is 3.89. The molecule has 6 atom stereocenters. The van der Waals surface area contributed by atoms with Crippen molar-refractivity contribution in [3.05, 3.63) is 95.3 Å². The highest BCUT2D eigenvalue weighted by atomic mass is 16.5. The van der Waals surface area contributed by atoms with Gasteiger partial charge in [-0.2, -0.15) is 0 Å². The molecule has 1 unspecified atom stereocenters. The molecule has 2 N–H and O–H groups in total. The van der Waals surface area contributed by atoms with Gasteiger partial charge >= 0.3 is 0 Å². The molecule has 5 nitrogen and oxygen atoms in total. The number of aliphatic hydroxyl groups is 2. The summed E-state index contributed by atoms with van der Waals surface area (Å²) in [5.74, 6) is 0.218. The summed E-state index contributed by atoms with van der Waals surface area (Å²) < 4.78 is 6.53. The minimum atomic E-state index is -1.80. The fourth-order valence-electron chi connectivity index (χ4n) is 7.47. The van der Waals surface area contributed by atoms with Crippen LogP contribution in [0.2, 0.25) is 0 Å². The number of ether oxygens (including phenoxy) is 1. The van der Waals surface area contributed by atoms with Gasteiger partial charge in [0.2, 0.25) is 5.78 Å². The number of hydrogen-bond donors (Lipinski definition) is 2. The Morgan fingerprint density at radius 3 is 2.69 bits per heavy atom. The van der Waals surface area contributed by atoms with Crippen molar-refractivity contribution in [2.24, 2.45) is 11.3 Å². The van der Waals surface area contributed by atoms with Crippen molar-refractivity contribution >= 4 is 5.78 Å². The summed E-state index contributed by atoms with van der Waals surface area (Å²) in [7, 11) is 2.17. The van der Waals surface area contributed by atoms with E-state index in [1.165, 1.54) is 5.57 Å². The Morgan fingerprint density at radius 1 is 1.09 bits per heavy atom. The van der Waals surface area contributed by atoms with Gasteiger partial charge in [-0.3, -0.25) is 4.79 Å². The van der Waals surface area contributed by atoms with E-state index in [9.17, 15) is 15.0 Å². The van der Waals surface area contributed by atoms with Gasteiger partial charge in [0.05, 0.1) is 0 Å². The number of likely N-dealkylation sites (tertiary alicyclic amines) is 1. The molecule has 178 valence electrons. The summed E-state index contributed by atoms with van der Waals surface area (Å²) in [4.78, 5) is 16.6. The minimum absolute atomic E-state index is 0.177. The van der Waals surface area contributed by atoms with Crippen molar-refractivity contribution in [2.45, 2.75) is 43.1 Å². The number of ketones is 1. The molecule has 35 heavy (non-hydrogen) atoms. The summed E-state index contributed by atoms with van der Waals surface area (Å²) >= 11 is 0. The fourth-order valence-corrected chi connectivity index (χ4v) is 7.47. The van der Waals surface area contributed by atoms with Gasteiger partial charge in [0.15, 0.2) is 5.60 Å². The normalized spacial score (nSPS) is 36.9. The van der Waals surface area contributed by atoms with Crippen LogP contribution in [0.15, 0.2) is 89.7 Å². The number of carbonyl (C=O) groups is 1. The molecule has 2 aromatic carbocycles. The van der Waals surface area contributed by atoms with Crippen LogP contribution in [0.1, 0.15) is 29.6 Å². The highest BCUT2D eigenvalue weighted by Crippen LogP contribution is 2.66. The van der Waals surface area contributed by atoms with E-state index in [0.29, 0.717) is 17.4 Å². The third-order valence-electron chi connectivity index (χ3n) is 9.13. The van der Waals surface area contributed by atoms with Gasteiger partial charge in [0, 0.05) is 34.9 Å². The molecule has 5 aliphatic rings. The maximum absolute atomic E-state index is 14.2. The highest BCUT2D eigenvalue weighted by molar-refractivity contribution is 6.09. The number of aliphatic hydroxyl groups excluding tert-OH is 1. The number of hydrogen-bond acceptors (Lipinski definition) is 5. The van der Waals surface area contributed by atoms with Crippen molar-refractivity contribution < 1.29 is 19.7 Å². The molecule has 1 spiro atoms. The highest BCUT2D eigenvalue weighted by Gasteiger charge is 2.68. The Bertz CT molecular complexity index is 1330. The van der Waals surface area contributed by atoms with E-state index < -0.39 is 23.2 Å². The average molecular weight is 468 g/mol. The van der Waals surface area contributed by atoms with E-state index in [1.54, 1.807) is 6.07 Å². The average Bonchev–Trinajstić information content (AvgIpc) is 3.25. The van der Waals surface area contributed by atoms with Crippen molar-refractivity contribution in [1.82, 2.24) is 4.90 Å². The van der Waals surface area contributed by atoms with Gasteiger partial charge in [0.1, 0.15) is 18.0 Å². The molecular weight excluding hydrogens is 438 g/mol. The maximum Gasteiger partial charge on any atom is 0.203 e. The number of Topliss-reactive ketones (excluding diaryl/α,β-unsaturated/α-hetero) is 1. The van der Waals surface area contributed by atoms with E-state index in [0.717, 1.165) is 36.1 Å². The molecular formula is C30H29NO4. The number of benzene rings is 2. The van der Waals surface area contributed by atoms with Crippen LogP contribution >= 0.6 is 0 Å². The van der Waals surface area contributed by atoms with Crippen molar-refractivity contribution in [3.63, 3.8) is 0 Å². The Labute approximate surface area is 205 Å². The van der Waals surface area contributed by atoms with Crippen LogP contribution in [0.3, 0.4) is 0 Å². The zero-order valence-corrected chi connectivity index (χ0v) is 19.7. The van der Waals surface area contributed by atoms with Crippen LogP contribution in [-0.4, -0.2) is 58.3 Å². The zero-order chi connectivity index (χ0) is 23.9. The van der Waals surface area contributed by atoms with E-state index in [-0.39, 0.29) is 18.1 Å². The van der Waals surface area contributed by atoms with Crippen LogP contribution < -0.4 is 0 Å². The smallest absolute Gasteiger partial charge is 0.203 e. The van der Waals surface area contributed by atoms with Crippen LogP contribution in [-0.2, 0) is 4.74 Å². The van der Waals surface area contributed by atoms with Crippen LogP contribution in [0, 0.1) is 11.3 Å². The Morgan fingerprint density at radius 2 is 1.86 bits per heavy atom. The van der Waals surface area contributed by atoms with Crippen molar-refractivity contribution in [2.75, 3.05) is 13.6 Å². The zero-order valence-electron chi connectivity index (χ0n) is 19.7. The summed E-state index contributed by atoms with van der Waals surface area (Å²) in [5, 5.41) is 23.2. The first-order valence-electron chi connectivity index (χ1n) is 12.5. The fraction of sp³-hybridized carbons (Fsp3) is 0.367. The third-order valence-corrected chi connectivity index (χ3v) is 9.13. The lowest BCUT2D eigenvalue weighted by atomic mass is 9.51. The number of carbonyl (C=O) groups excluding carboxylic acids is 1. The van der Waals surface area contributed by atoms with E-state index in [2.05, 4.69) is 24.1 Å². The maximum atomic E-state index is 14.2. The van der Waals surface area contributed by atoms with Gasteiger partial charge < -0.3 is 19.8 Å². The van der Waals surface area contributed by atoms with Crippen molar-refractivity contribution in [3.8, 4) is 11.1 Å². The summed E-state index contributed by atoms with van der Waals surface area (Å²) in [6, 6.07) is 17.6. The molecule has 7 rings (SSSR count). The van der Waals surface area contributed by atoms with E-state index in [1.807, 2.05) is 54.6 Å². The molecule has 3 aliphatic carbocycles. The first-order chi connectivity index (χ1) is 16.9. The molecule has 0 radical (unpaired) electrons. The lowest BCUT2D eigenvalue weighted by Gasteiger charge is -2.58. The van der Waals surface area contributed by atoms with Gasteiger partial charge in [-0.25, -0.2) is 0 Å². The van der Waals surface area contributed by atoms with Crippen LogP contribution in [0.5, 0.6) is 0 Å². The van der Waals surface area contributed by atoms with Crippen LogP contribution in [0.25, 0.3) is 11.1 Å². The lowest BCUT2D eigenvalue weighted by Crippen LogP contribution is -2.62. The Kier molecular flexibility index (Phi) is 4.42. The first-order valence-corrected chi connectivity index (χ1v) is 12.5. The molecule has 2 bridgehead atoms. The number of rotatable bonds is 3. The second-order valence-corrected chi connectivity index (χ2v) is 10.7. The largest absolute Gasteiger partial charge is 0.487 e. The molecule has 2 fully saturated rings.